The van der Waals surface area contributed by atoms with Gasteiger partial charge in [0, 0.05) is 5.02 Å². The van der Waals surface area contributed by atoms with E-state index in [2.05, 4.69) is 0 Å². The molecule has 0 aliphatic heterocycles. The van der Waals surface area contributed by atoms with E-state index in [1.807, 2.05) is 0 Å². The predicted octanol–water partition coefficient (Wildman–Crippen LogP) is 4.49. The van der Waals surface area contributed by atoms with Crippen LogP contribution in [0.25, 0.3) is 11.1 Å². The van der Waals surface area contributed by atoms with Gasteiger partial charge in [0.1, 0.15) is 5.75 Å². The molecule has 7 heteroatoms. The minimum atomic E-state index is -4.60. The molecule has 0 atom stereocenters. The van der Waals surface area contributed by atoms with E-state index in [4.69, 9.17) is 21.4 Å². The Morgan fingerprint density at radius 3 is 2.32 bits per heavy atom. The van der Waals surface area contributed by atoms with Gasteiger partial charge in [0.15, 0.2) is 6.61 Å². The van der Waals surface area contributed by atoms with Crippen molar-refractivity contribution in [2.24, 2.45) is 0 Å². The first-order valence-corrected chi connectivity index (χ1v) is 6.47. The van der Waals surface area contributed by atoms with Gasteiger partial charge in [-0.1, -0.05) is 29.8 Å². The fraction of sp³-hybridized carbons (Fsp3) is 0.133. The molecule has 0 bridgehead atoms. The monoisotopic (exact) mass is 330 g/mol. The lowest BCUT2D eigenvalue weighted by Crippen LogP contribution is -2.11. The molecule has 0 saturated heterocycles. The molecule has 0 fully saturated rings. The van der Waals surface area contributed by atoms with Crippen molar-refractivity contribution >= 4 is 17.6 Å². The van der Waals surface area contributed by atoms with Gasteiger partial charge >= 0.3 is 12.1 Å². The van der Waals surface area contributed by atoms with Gasteiger partial charge in [-0.05, 0) is 35.4 Å². The van der Waals surface area contributed by atoms with Crippen molar-refractivity contribution < 1.29 is 27.8 Å². The number of hydrogen-bond acceptors (Lipinski definition) is 2. The lowest BCUT2D eigenvalue weighted by molar-refractivity contribution is -0.139. The van der Waals surface area contributed by atoms with E-state index in [0.29, 0.717) is 10.6 Å². The molecule has 0 aliphatic carbocycles. The zero-order valence-electron chi connectivity index (χ0n) is 11.0. The van der Waals surface area contributed by atoms with E-state index in [-0.39, 0.29) is 11.3 Å². The summed E-state index contributed by atoms with van der Waals surface area (Å²) in [6.07, 6.45) is -4.60. The van der Waals surface area contributed by atoms with Crippen LogP contribution in [-0.2, 0) is 11.0 Å². The van der Waals surface area contributed by atoms with Crippen molar-refractivity contribution in [2.45, 2.75) is 6.18 Å². The van der Waals surface area contributed by atoms with Crippen LogP contribution in [0.5, 0.6) is 5.75 Å². The van der Waals surface area contributed by atoms with Crippen LogP contribution in [-0.4, -0.2) is 17.7 Å². The molecule has 0 amide bonds. The Balaban J connectivity index is 2.45. The van der Waals surface area contributed by atoms with Gasteiger partial charge in [0.25, 0.3) is 0 Å². The van der Waals surface area contributed by atoms with Crippen molar-refractivity contribution in [1.82, 2.24) is 0 Å². The van der Waals surface area contributed by atoms with Crippen molar-refractivity contribution in [2.75, 3.05) is 6.61 Å². The van der Waals surface area contributed by atoms with Gasteiger partial charge in [-0.2, -0.15) is 13.2 Å². The molecule has 0 aromatic heterocycles. The van der Waals surface area contributed by atoms with E-state index < -0.39 is 24.3 Å². The molecule has 116 valence electrons. The number of carboxylic acid groups (broad SMARTS) is 1. The Morgan fingerprint density at radius 1 is 1.14 bits per heavy atom. The van der Waals surface area contributed by atoms with Crippen molar-refractivity contribution in [3.05, 3.63) is 53.1 Å². The smallest absolute Gasteiger partial charge is 0.417 e. The second kappa shape index (κ2) is 6.27. The largest absolute Gasteiger partial charge is 0.482 e. The molecule has 1 N–H and O–H groups in total. The van der Waals surface area contributed by atoms with Gasteiger partial charge in [-0.3, -0.25) is 0 Å². The van der Waals surface area contributed by atoms with E-state index in [1.165, 1.54) is 36.4 Å². The number of alkyl halides is 3. The highest BCUT2D eigenvalue weighted by Gasteiger charge is 2.34. The Hall–Kier alpha value is -2.21. The summed E-state index contributed by atoms with van der Waals surface area (Å²) >= 11 is 5.73. The quantitative estimate of drug-likeness (QED) is 0.898. The number of carboxylic acids is 1. The third-order valence-corrected chi connectivity index (χ3v) is 3.07. The second-order valence-electron chi connectivity index (χ2n) is 4.39. The third-order valence-electron chi connectivity index (χ3n) is 2.81. The number of benzene rings is 2. The van der Waals surface area contributed by atoms with E-state index in [9.17, 15) is 18.0 Å². The molecule has 2 aromatic rings. The number of halogens is 4. The van der Waals surface area contributed by atoms with Crippen LogP contribution in [0, 0.1) is 0 Å². The average molecular weight is 331 g/mol. The van der Waals surface area contributed by atoms with Gasteiger partial charge in [0.2, 0.25) is 0 Å². The number of aliphatic carboxylic acids is 1. The topological polar surface area (TPSA) is 46.5 Å². The van der Waals surface area contributed by atoms with Crippen LogP contribution in [0.2, 0.25) is 5.02 Å². The van der Waals surface area contributed by atoms with Crippen LogP contribution in [0.3, 0.4) is 0 Å². The molecule has 0 spiro atoms. The van der Waals surface area contributed by atoms with Crippen molar-refractivity contribution in [1.29, 1.82) is 0 Å². The summed E-state index contributed by atoms with van der Waals surface area (Å²) in [4.78, 5) is 10.4. The fourth-order valence-corrected chi connectivity index (χ4v) is 2.00. The number of ether oxygens (including phenoxy) is 1. The summed E-state index contributed by atoms with van der Waals surface area (Å²) in [6, 6.07) is 9.26. The Kier molecular flexibility index (Phi) is 4.61. The van der Waals surface area contributed by atoms with E-state index in [0.717, 1.165) is 6.07 Å². The van der Waals surface area contributed by atoms with Gasteiger partial charge in [-0.15, -0.1) is 0 Å². The highest BCUT2D eigenvalue weighted by molar-refractivity contribution is 6.30. The molecular weight excluding hydrogens is 321 g/mol. The third kappa shape index (κ3) is 3.92. The molecule has 3 nitrogen and oxygen atoms in total. The maximum Gasteiger partial charge on any atom is 0.417 e. The van der Waals surface area contributed by atoms with Crippen LogP contribution in [0.15, 0.2) is 42.5 Å². The summed E-state index contributed by atoms with van der Waals surface area (Å²) in [7, 11) is 0. The normalized spacial score (nSPS) is 11.3. The molecule has 0 aliphatic rings. The number of carbonyl (C=O) groups is 1. The van der Waals surface area contributed by atoms with E-state index >= 15 is 0 Å². The summed E-state index contributed by atoms with van der Waals surface area (Å²) in [6.45, 7) is -0.711. The Morgan fingerprint density at radius 2 is 1.77 bits per heavy atom. The van der Waals surface area contributed by atoms with Gasteiger partial charge in [-0.25, -0.2) is 4.79 Å². The van der Waals surface area contributed by atoms with Crippen LogP contribution >= 0.6 is 11.6 Å². The first-order valence-electron chi connectivity index (χ1n) is 6.09. The standard InChI is InChI=1S/C15H10ClF3O3/c16-10-3-1-9(2-4-10)12-6-5-11(22-8-14(20)21)7-13(12)15(17,18)19/h1-7H,8H2,(H,20,21). The number of hydrogen-bond donors (Lipinski definition) is 1. The minimum Gasteiger partial charge on any atom is -0.482 e. The Labute approximate surface area is 128 Å². The van der Waals surface area contributed by atoms with Crippen molar-refractivity contribution in [3.63, 3.8) is 0 Å². The zero-order valence-corrected chi connectivity index (χ0v) is 11.8. The highest BCUT2D eigenvalue weighted by Crippen LogP contribution is 2.39. The molecule has 2 rings (SSSR count). The molecular formula is C15H10ClF3O3. The minimum absolute atomic E-state index is 0.0353. The van der Waals surface area contributed by atoms with E-state index in [1.54, 1.807) is 0 Å². The summed E-state index contributed by atoms with van der Waals surface area (Å²) in [5, 5.41) is 8.92. The fourth-order valence-electron chi connectivity index (χ4n) is 1.87. The molecule has 0 saturated carbocycles. The first-order chi connectivity index (χ1) is 10.3. The summed E-state index contributed by atoms with van der Waals surface area (Å²) in [5.41, 5.74) is -0.592. The molecule has 0 heterocycles. The maximum atomic E-state index is 13.2. The lowest BCUT2D eigenvalue weighted by Gasteiger charge is -2.15. The van der Waals surface area contributed by atoms with Crippen LogP contribution in [0.4, 0.5) is 13.2 Å². The van der Waals surface area contributed by atoms with Gasteiger partial charge < -0.3 is 9.84 Å². The highest BCUT2D eigenvalue weighted by atomic mass is 35.5. The lowest BCUT2D eigenvalue weighted by atomic mass is 9.99. The number of rotatable bonds is 4. The average Bonchev–Trinajstić information content (AvgIpc) is 2.45. The molecule has 2 aromatic carbocycles. The maximum absolute atomic E-state index is 13.2. The molecule has 22 heavy (non-hydrogen) atoms. The van der Waals surface area contributed by atoms with Crippen LogP contribution in [0.1, 0.15) is 5.56 Å². The van der Waals surface area contributed by atoms with Crippen molar-refractivity contribution in [3.8, 4) is 16.9 Å². The zero-order chi connectivity index (χ0) is 16.3. The SMILES string of the molecule is O=C(O)COc1ccc(-c2ccc(Cl)cc2)c(C(F)(F)F)c1. The molecule has 0 unspecified atom stereocenters. The Bertz CT molecular complexity index is 681. The second-order valence-corrected chi connectivity index (χ2v) is 4.83. The summed E-state index contributed by atoms with van der Waals surface area (Å²) in [5.74, 6) is -1.43. The molecule has 0 radical (unpaired) electrons. The van der Waals surface area contributed by atoms with Crippen LogP contribution < -0.4 is 4.74 Å². The predicted molar refractivity (Wildman–Crippen MR) is 75.0 cm³/mol. The van der Waals surface area contributed by atoms with Gasteiger partial charge in [0.05, 0.1) is 5.56 Å². The summed E-state index contributed by atoms with van der Waals surface area (Å²) < 4.78 is 44.4. The first kappa shape index (κ1) is 16.2.